The molecule has 6 nitrogen and oxygen atoms in total. The summed E-state index contributed by atoms with van der Waals surface area (Å²) in [6.45, 7) is 1.56. The lowest BCUT2D eigenvalue weighted by molar-refractivity contribution is -0.122. The topological polar surface area (TPSA) is 88.8 Å². The molecule has 1 atom stereocenters. The third-order valence-corrected chi connectivity index (χ3v) is 2.83. The summed E-state index contributed by atoms with van der Waals surface area (Å²) in [7, 11) is 0. The van der Waals surface area contributed by atoms with E-state index in [-0.39, 0.29) is 24.1 Å². The van der Waals surface area contributed by atoms with Crippen molar-refractivity contribution >= 4 is 11.9 Å². The van der Waals surface area contributed by atoms with Crippen molar-refractivity contribution in [2.75, 3.05) is 13.2 Å². The molecule has 0 radical (unpaired) electrons. The normalized spacial score (nSPS) is 18.8. The van der Waals surface area contributed by atoms with Gasteiger partial charge >= 0.3 is 5.97 Å². The van der Waals surface area contributed by atoms with E-state index in [0.717, 1.165) is 13.0 Å². The smallest absolute Gasteiger partial charge is 0.371 e. The Balaban J connectivity index is 1.76. The number of carbonyl (C=O) groups excluding carboxylic acids is 1. The maximum atomic E-state index is 11.6. The van der Waals surface area contributed by atoms with E-state index in [9.17, 15) is 9.59 Å². The first-order chi connectivity index (χ1) is 8.65. The van der Waals surface area contributed by atoms with Crippen LogP contribution in [0.2, 0.25) is 0 Å². The third-order valence-electron chi connectivity index (χ3n) is 2.83. The summed E-state index contributed by atoms with van der Waals surface area (Å²) in [5.41, 5.74) is 0. The number of amides is 1. The van der Waals surface area contributed by atoms with E-state index in [1.165, 1.54) is 6.07 Å². The molecule has 18 heavy (non-hydrogen) atoms. The van der Waals surface area contributed by atoms with Crippen LogP contribution in [0.25, 0.3) is 0 Å². The van der Waals surface area contributed by atoms with Gasteiger partial charge in [-0.1, -0.05) is 0 Å². The summed E-state index contributed by atoms with van der Waals surface area (Å²) < 4.78 is 10.2. The van der Waals surface area contributed by atoms with Gasteiger partial charge in [0.05, 0.1) is 6.54 Å². The first-order valence-corrected chi connectivity index (χ1v) is 5.81. The monoisotopic (exact) mass is 253 g/mol. The molecule has 1 aromatic rings. The van der Waals surface area contributed by atoms with Crippen LogP contribution in [0.5, 0.6) is 0 Å². The van der Waals surface area contributed by atoms with E-state index < -0.39 is 5.97 Å². The SMILES string of the molecule is O=C(C[C@H]1CCOC1)NCc1ccc(C(=O)O)o1. The van der Waals surface area contributed by atoms with E-state index >= 15 is 0 Å². The molecular formula is C12H15NO5. The van der Waals surface area contributed by atoms with Crippen LogP contribution in [0.1, 0.15) is 29.2 Å². The molecule has 0 aliphatic carbocycles. The molecule has 6 heteroatoms. The second-order valence-electron chi connectivity index (χ2n) is 4.28. The van der Waals surface area contributed by atoms with Crippen LogP contribution in [0, 0.1) is 5.92 Å². The maximum absolute atomic E-state index is 11.6. The Kier molecular flexibility index (Phi) is 3.99. The molecule has 2 rings (SSSR count). The summed E-state index contributed by atoms with van der Waals surface area (Å²) in [4.78, 5) is 22.2. The molecular weight excluding hydrogens is 238 g/mol. The van der Waals surface area contributed by atoms with Crippen molar-refractivity contribution in [3.63, 3.8) is 0 Å². The lowest BCUT2D eigenvalue weighted by Crippen LogP contribution is -2.25. The Morgan fingerprint density at radius 1 is 1.44 bits per heavy atom. The van der Waals surface area contributed by atoms with Crippen LogP contribution in [-0.2, 0) is 16.1 Å². The molecule has 1 aromatic heterocycles. The zero-order valence-corrected chi connectivity index (χ0v) is 9.85. The lowest BCUT2D eigenvalue weighted by atomic mass is 10.1. The van der Waals surface area contributed by atoms with Crippen LogP contribution < -0.4 is 5.32 Å². The van der Waals surface area contributed by atoms with Gasteiger partial charge in [0.1, 0.15) is 5.76 Å². The average Bonchev–Trinajstić information content (AvgIpc) is 2.96. The highest BCUT2D eigenvalue weighted by Crippen LogP contribution is 2.16. The van der Waals surface area contributed by atoms with Crippen molar-refractivity contribution in [3.8, 4) is 0 Å². The van der Waals surface area contributed by atoms with Crippen molar-refractivity contribution in [1.82, 2.24) is 5.32 Å². The standard InChI is InChI=1S/C12H15NO5/c14-11(5-8-3-4-17-7-8)13-6-9-1-2-10(18-9)12(15)16/h1-2,8H,3-7H2,(H,13,14)(H,15,16)/t8-/m1/s1. The Hall–Kier alpha value is -1.82. The van der Waals surface area contributed by atoms with Crippen LogP contribution >= 0.6 is 0 Å². The van der Waals surface area contributed by atoms with Gasteiger partial charge < -0.3 is 19.6 Å². The van der Waals surface area contributed by atoms with E-state index in [1.54, 1.807) is 6.07 Å². The predicted octanol–water partition coefficient (Wildman–Crippen LogP) is 1.02. The fourth-order valence-electron chi connectivity index (χ4n) is 1.85. The summed E-state index contributed by atoms with van der Waals surface area (Å²) in [6.07, 6.45) is 1.35. The van der Waals surface area contributed by atoms with Crippen LogP contribution in [0.3, 0.4) is 0 Å². The number of carboxylic acids is 1. The highest BCUT2D eigenvalue weighted by atomic mass is 16.5. The number of aromatic carboxylic acids is 1. The van der Waals surface area contributed by atoms with Gasteiger partial charge in [0.2, 0.25) is 11.7 Å². The number of hydrogen-bond acceptors (Lipinski definition) is 4. The summed E-state index contributed by atoms with van der Waals surface area (Å²) in [6, 6.07) is 2.91. The zero-order valence-electron chi connectivity index (χ0n) is 9.85. The molecule has 1 amide bonds. The van der Waals surface area contributed by atoms with Gasteiger partial charge in [0.25, 0.3) is 0 Å². The summed E-state index contributed by atoms with van der Waals surface area (Å²) in [5, 5.41) is 11.4. The molecule has 1 saturated heterocycles. The van der Waals surface area contributed by atoms with E-state index in [2.05, 4.69) is 5.32 Å². The second kappa shape index (κ2) is 5.68. The summed E-state index contributed by atoms with van der Waals surface area (Å²) >= 11 is 0. The first kappa shape index (κ1) is 12.6. The summed E-state index contributed by atoms with van der Waals surface area (Å²) in [5.74, 6) is -0.586. The van der Waals surface area contributed by atoms with Gasteiger partial charge in [0.15, 0.2) is 0 Å². The quantitative estimate of drug-likeness (QED) is 0.817. The number of ether oxygens (including phenoxy) is 1. The van der Waals surface area contributed by atoms with Crippen molar-refractivity contribution in [3.05, 3.63) is 23.7 Å². The highest BCUT2D eigenvalue weighted by Gasteiger charge is 2.19. The molecule has 0 bridgehead atoms. The molecule has 1 aliphatic rings. The highest BCUT2D eigenvalue weighted by molar-refractivity contribution is 5.84. The van der Waals surface area contributed by atoms with Crippen molar-refractivity contribution in [2.24, 2.45) is 5.92 Å². The minimum absolute atomic E-state index is 0.0706. The minimum atomic E-state index is -1.12. The number of nitrogens with one attached hydrogen (secondary N) is 1. The van der Waals surface area contributed by atoms with E-state index in [4.69, 9.17) is 14.3 Å². The lowest BCUT2D eigenvalue weighted by Gasteiger charge is -2.07. The first-order valence-electron chi connectivity index (χ1n) is 5.81. The fraction of sp³-hybridized carbons (Fsp3) is 0.500. The molecule has 0 spiro atoms. The van der Waals surface area contributed by atoms with Gasteiger partial charge in [-0.15, -0.1) is 0 Å². The number of hydrogen-bond donors (Lipinski definition) is 2. The number of carbonyl (C=O) groups is 2. The molecule has 0 saturated carbocycles. The van der Waals surface area contributed by atoms with Crippen LogP contribution in [0.4, 0.5) is 0 Å². The predicted molar refractivity (Wildman–Crippen MR) is 61.1 cm³/mol. The van der Waals surface area contributed by atoms with Gasteiger partial charge in [-0.25, -0.2) is 4.79 Å². The van der Waals surface area contributed by atoms with Crippen LogP contribution in [-0.4, -0.2) is 30.2 Å². The molecule has 0 aromatic carbocycles. The van der Waals surface area contributed by atoms with E-state index in [0.29, 0.717) is 18.8 Å². The number of carboxylic acid groups (broad SMARTS) is 1. The Morgan fingerprint density at radius 2 is 2.28 bits per heavy atom. The molecule has 2 heterocycles. The second-order valence-corrected chi connectivity index (χ2v) is 4.28. The number of rotatable bonds is 5. The average molecular weight is 253 g/mol. The maximum Gasteiger partial charge on any atom is 0.371 e. The van der Waals surface area contributed by atoms with Crippen molar-refractivity contribution in [2.45, 2.75) is 19.4 Å². The Bertz CT molecular complexity index is 433. The molecule has 2 N–H and O–H groups in total. The molecule has 1 aliphatic heterocycles. The molecule has 1 fully saturated rings. The van der Waals surface area contributed by atoms with Gasteiger partial charge in [-0.2, -0.15) is 0 Å². The molecule has 0 unspecified atom stereocenters. The Morgan fingerprint density at radius 3 is 2.89 bits per heavy atom. The van der Waals surface area contributed by atoms with Crippen molar-refractivity contribution < 1.29 is 23.8 Å². The number of furan rings is 1. The largest absolute Gasteiger partial charge is 0.475 e. The van der Waals surface area contributed by atoms with Gasteiger partial charge in [-0.3, -0.25) is 4.79 Å². The third kappa shape index (κ3) is 3.33. The van der Waals surface area contributed by atoms with Crippen LogP contribution in [0.15, 0.2) is 16.5 Å². The fourth-order valence-corrected chi connectivity index (χ4v) is 1.85. The van der Waals surface area contributed by atoms with Gasteiger partial charge in [-0.05, 0) is 24.5 Å². The minimum Gasteiger partial charge on any atom is -0.475 e. The Labute approximate surface area is 104 Å². The zero-order chi connectivity index (χ0) is 13.0. The molecule has 98 valence electrons. The van der Waals surface area contributed by atoms with E-state index in [1.807, 2.05) is 0 Å². The van der Waals surface area contributed by atoms with Crippen molar-refractivity contribution in [1.29, 1.82) is 0 Å². The van der Waals surface area contributed by atoms with Gasteiger partial charge in [0, 0.05) is 19.6 Å².